The van der Waals surface area contributed by atoms with Crippen molar-refractivity contribution in [2.45, 2.75) is 0 Å². The maximum atomic E-state index is 11.4. The smallest absolute Gasteiger partial charge is 0.328 e. The number of aromatic amines is 2. The van der Waals surface area contributed by atoms with Crippen LogP contribution >= 0.6 is 0 Å². The molecule has 0 radical (unpaired) electrons. The Morgan fingerprint density at radius 2 is 1.95 bits per heavy atom. The molecular weight excluding hydrogens is 268 g/mol. The average Bonchev–Trinajstić information content (AvgIpc) is 2.37. The molecule has 0 aliphatic carbocycles. The van der Waals surface area contributed by atoms with E-state index in [-0.39, 0.29) is 11.3 Å². The van der Waals surface area contributed by atoms with E-state index in [1.54, 1.807) is 0 Å². The van der Waals surface area contributed by atoms with Crippen LogP contribution in [0.15, 0.2) is 44.1 Å². The number of aromatic nitrogens is 2. The first kappa shape index (κ1) is 13.2. The van der Waals surface area contributed by atoms with Gasteiger partial charge in [0.1, 0.15) is 0 Å². The first-order chi connectivity index (χ1) is 9.47. The number of nitrogens with one attached hydrogen (secondary N) is 2. The number of aromatic hydroxyl groups is 1. The van der Waals surface area contributed by atoms with Crippen LogP contribution in [0.4, 0.5) is 11.4 Å². The first-order valence-corrected chi connectivity index (χ1v) is 5.26. The van der Waals surface area contributed by atoms with Gasteiger partial charge >= 0.3 is 5.69 Å². The van der Waals surface area contributed by atoms with Crippen molar-refractivity contribution in [3.8, 4) is 5.88 Å². The number of azo groups is 1. The van der Waals surface area contributed by atoms with Crippen LogP contribution in [-0.4, -0.2) is 21.0 Å². The fourth-order valence-electron chi connectivity index (χ4n) is 1.36. The van der Waals surface area contributed by atoms with Crippen molar-refractivity contribution in [1.29, 1.82) is 0 Å². The number of rotatable bonds is 3. The number of nitrogens with zero attached hydrogens (tertiary/aromatic N) is 2. The Balaban J connectivity index is 2.40. The monoisotopic (exact) mass is 275 g/mol. The van der Waals surface area contributed by atoms with E-state index in [9.17, 15) is 24.6 Å². The third kappa shape index (κ3) is 2.77. The lowest BCUT2D eigenvalue weighted by atomic mass is 10.2. The highest BCUT2D eigenvalue weighted by Crippen LogP contribution is 2.20. The molecule has 2 aromatic rings. The largest absolute Gasteiger partial charge is 0.545 e. The summed E-state index contributed by atoms with van der Waals surface area (Å²) < 4.78 is 0. The Labute approximate surface area is 110 Å². The van der Waals surface area contributed by atoms with Crippen molar-refractivity contribution in [3.63, 3.8) is 0 Å². The quantitative estimate of drug-likeness (QED) is 0.648. The second kappa shape index (κ2) is 5.18. The standard InChI is InChI=1S/C11H8N4O5/c16-8-7(9(17)13-11(20)12-8)15-14-6-3-1-2-5(4-6)10(18)19/h1-4H,(H,18,19)(H3,12,13,16,17,20)/p-1. The number of carbonyl (C=O) groups excluding carboxylic acids is 1. The third-order valence-corrected chi connectivity index (χ3v) is 2.25. The minimum Gasteiger partial charge on any atom is -0.545 e. The van der Waals surface area contributed by atoms with Crippen LogP contribution in [0.25, 0.3) is 0 Å². The molecule has 0 fully saturated rings. The van der Waals surface area contributed by atoms with Crippen LogP contribution in [0, 0.1) is 0 Å². The van der Waals surface area contributed by atoms with Crippen molar-refractivity contribution in [2.75, 3.05) is 0 Å². The Hall–Kier alpha value is -3.23. The van der Waals surface area contributed by atoms with Crippen molar-refractivity contribution in [2.24, 2.45) is 10.2 Å². The molecule has 0 saturated heterocycles. The lowest BCUT2D eigenvalue weighted by Gasteiger charge is -2.01. The van der Waals surface area contributed by atoms with E-state index < -0.39 is 28.8 Å². The normalized spacial score (nSPS) is 10.8. The van der Waals surface area contributed by atoms with E-state index in [4.69, 9.17) is 0 Å². The Morgan fingerprint density at radius 1 is 1.20 bits per heavy atom. The van der Waals surface area contributed by atoms with Gasteiger partial charge in [0.25, 0.3) is 5.56 Å². The van der Waals surface area contributed by atoms with Gasteiger partial charge < -0.3 is 15.0 Å². The lowest BCUT2D eigenvalue weighted by molar-refractivity contribution is -0.255. The molecular formula is C11H7N4O5-. The molecule has 102 valence electrons. The molecule has 1 heterocycles. The molecule has 2 rings (SSSR count). The van der Waals surface area contributed by atoms with E-state index in [2.05, 4.69) is 10.2 Å². The molecule has 1 aromatic heterocycles. The fraction of sp³-hybridized carbons (Fsp3) is 0. The molecule has 0 aliphatic rings. The predicted octanol–water partition coefficient (Wildman–Crippen LogP) is -0.452. The second-order valence-electron chi connectivity index (χ2n) is 3.64. The fourth-order valence-corrected chi connectivity index (χ4v) is 1.36. The van der Waals surface area contributed by atoms with Gasteiger partial charge in [0.2, 0.25) is 11.6 Å². The van der Waals surface area contributed by atoms with Gasteiger partial charge in [-0.1, -0.05) is 12.1 Å². The molecule has 0 bridgehead atoms. The van der Waals surface area contributed by atoms with Gasteiger partial charge in [-0.3, -0.25) is 14.8 Å². The van der Waals surface area contributed by atoms with Crippen LogP contribution in [0.1, 0.15) is 10.4 Å². The van der Waals surface area contributed by atoms with Gasteiger partial charge in [0, 0.05) is 0 Å². The number of H-pyrrole nitrogens is 2. The highest BCUT2D eigenvalue weighted by molar-refractivity contribution is 5.86. The molecule has 0 atom stereocenters. The maximum absolute atomic E-state index is 11.4. The predicted molar refractivity (Wildman–Crippen MR) is 64.3 cm³/mol. The molecule has 0 spiro atoms. The number of benzene rings is 1. The highest BCUT2D eigenvalue weighted by Gasteiger charge is 2.07. The summed E-state index contributed by atoms with van der Waals surface area (Å²) in [6, 6.07) is 5.33. The number of carboxylic acids is 1. The summed E-state index contributed by atoms with van der Waals surface area (Å²) in [6.45, 7) is 0. The van der Waals surface area contributed by atoms with Crippen molar-refractivity contribution >= 4 is 17.3 Å². The minimum absolute atomic E-state index is 0.110. The van der Waals surface area contributed by atoms with E-state index in [1.807, 2.05) is 9.97 Å². The summed E-state index contributed by atoms with van der Waals surface area (Å²) in [5.41, 5.74) is -2.28. The van der Waals surface area contributed by atoms with Crippen molar-refractivity contribution < 1.29 is 15.0 Å². The summed E-state index contributed by atoms with van der Waals surface area (Å²) in [6.07, 6.45) is 0. The molecule has 0 saturated carbocycles. The van der Waals surface area contributed by atoms with Crippen LogP contribution in [0.2, 0.25) is 0 Å². The van der Waals surface area contributed by atoms with E-state index in [0.717, 1.165) is 0 Å². The summed E-state index contributed by atoms with van der Waals surface area (Å²) >= 11 is 0. The lowest BCUT2D eigenvalue weighted by Crippen LogP contribution is -2.21. The molecule has 1 aromatic carbocycles. The number of hydrogen-bond donors (Lipinski definition) is 3. The Morgan fingerprint density at radius 3 is 2.60 bits per heavy atom. The molecule has 0 aliphatic heterocycles. The summed E-state index contributed by atoms with van der Waals surface area (Å²) in [5.74, 6) is -2.12. The minimum atomic E-state index is -1.38. The van der Waals surface area contributed by atoms with E-state index in [0.29, 0.717) is 0 Å². The first-order valence-electron chi connectivity index (χ1n) is 5.26. The van der Waals surface area contributed by atoms with Crippen LogP contribution in [-0.2, 0) is 0 Å². The zero-order valence-corrected chi connectivity index (χ0v) is 9.78. The van der Waals surface area contributed by atoms with Gasteiger partial charge in [-0.25, -0.2) is 4.79 Å². The molecule has 0 amide bonds. The maximum Gasteiger partial charge on any atom is 0.328 e. The zero-order chi connectivity index (χ0) is 14.7. The second-order valence-corrected chi connectivity index (χ2v) is 3.64. The van der Waals surface area contributed by atoms with Crippen LogP contribution < -0.4 is 16.4 Å². The van der Waals surface area contributed by atoms with Gasteiger partial charge in [0.15, 0.2) is 0 Å². The summed E-state index contributed by atoms with van der Waals surface area (Å²) in [7, 11) is 0. The number of hydrogen-bond acceptors (Lipinski definition) is 7. The molecule has 3 N–H and O–H groups in total. The topological polar surface area (TPSA) is 151 Å². The Bertz CT molecular complexity index is 805. The van der Waals surface area contributed by atoms with Crippen LogP contribution in [0.3, 0.4) is 0 Å². The Kier molecular flexibility index (Phi) is 3.42. The third-order valence-electron chi connectivity index (χ3n) is 2.25. The van der Waals surface area contributed by atoms with E-state index >= 15 is 0 Å². The zero-order valence-electron chi connectivity index (χ0n) is 9.78. The van der Waals surface area contributed by atoms with Crippen molar-refractivity contribution in [3.05, 3.63) is 50.7 Å². The van der Waals surface area contributed by atoms with E-state index in [1.165, 1.54) is 24.3 Å². The summed E-state index contributed by atoms with van der Waals surface area (Å²) in [4.78, 5) is 36.7. The highest BCUT2D eigenvalue weighted by atomic mass is 16.4. The van der Waals surface area contributed by atoms with Crippen molar-refractivity contribution in [1.82, 2.24) is 9.97 Å². The molecule has 9 nitrogen and oxygen atoms in total. The van der Waals surface area contributed by atoms with Gasteiger partial charge in [-0.2, -0.15) is 5.11 Å². The SMILES string of the molecule is O=C([O-])c1cccc(N=Nc2c(O)[nH]c(=O)[nH]c2=O)c1. The molecule has 9 heteroatoms. The number of carbonyl (C=O) groups is 1. The van der Waals surface area contributed by atoms with Gasteiger partial charge in [-0.05, 0) is 17.7 Å². The van der Waals surface area contributed by atoms with Crippen LogP contribution in [0.5, 0.6) is 5.88 Å². The molecule has 20 heavy (non-hydrogen) atoms. The van der Waals surface area contributed by atoms with Gasteiger partial charge in [-0.15, -0.1) is 5.11 Å². The number of carboxylic acid groups (broad SMARTS) is 1. The molecule has 0 unspecified atom stereocenters. The number of aromatic carboxylic acids is 1. The van der Waals surface area contributed by atoms with Gasteiger partial charge in [0.05, 0.1) is 11.7 Å². The summed E-state index contributed by atoms with van der Waals surface area (Å²) in [5, 5.41) is 27.1. The average molecular weight is 275 g/mol.